The van der Waals surface area contributed by atoms with E-state index >= 15 is 0 Å². The Balaban J connectivity index is 3.55. The number of aliphatic carboxylic acids is 2. The first kappa shape index (κ1) is 17.6. The van der Waals surface area contributed by atoms with Crippen LogP contribution < -0.4 is 0 Å². The molecule has 0 radical (unpaired) electrons. The Morgan fingerprint density at radius 3 is 1.76 bits per heavy atom. The average molecular weight is 310 g/mol. The number of hydrogen-bond donors (Lipinski definition) is 2. The number of carboxylic acid groups (broad SMARTS) is 2. The van der Waals surface area contributed by atoms with Crippen LogP contribution in [0.15, 0.2) is 29.2 Å². The molecule has 1 aromatic carbocycles. The summed E-state index contributed by atoms with van der Waals surface area (Å²) in [4.78, 5) is 24.5. The summed E-state index contributed by atoms with van der Waals surface area (Å²) in [5, 5.41) is 19.2. The van der Waals surface area contributed by atoms with E-state index < -0.39 is 22.8 Å². The summed E-state index contributed by atoms with van der Waals surface area (Å²) in [6.07, 6.45) is 2.84. The highest BCUT2D eigenvalue weighted by atomic mass is 32.2. The van der Waals surface area contributed by atoms with Gasteiger partial charge in [0.05, 0.1) is 0 Å². The van der Waals surface area contributed by atoms with Gasteiger partial charge in [0.2, 0.25) is 0 Å². The number of carboxylic acids is 2. The summed E-state index contributed by atoms with van der Waals surface area (Å²) in [5.41, 5.74) is -2.04. The third-order valence-electron chi connectivity index (χ3n) is 4.66. The molecule has 0 fully saturated rings. The van der Waals surface area contributed by atoms with Gasteiger partial charge in [0.1, 0.15) is 0 Å². The highest BCUT2D eigenvalue weighted by molar-refractivity contribution is 7.98. The molecule has 1 aromatic rings. The van der Waals surface area contributed by atoms with Gasteiger partial charge in [-0.25, -0.2) is 0 Å². The molecule has 0 atom stereocenters. The molecule has 0 unspecified atom stereocenters. The predicted molar refractivity (Wildman–Crippen MR) is 83.9 cm³/mol. The fourth-order valence-corrected chi connectivity index (χ4v) is 3.47. The van der Waals surface area contributed by atoms with Gasteiger partial charge in [-0.2, -0.15) is 0 Å². The van der Waals surface area contributed by atoms with E-state index in [1.54, 1.807) is 11.8 Å². The van der Waals surface area contributed by atoms with Crippen LogP contribution in [0.1, 0.15) is 39.2 Å². The van der Waals surface area contributed by atoms with Crippen molar-refractivity contribution in [1.29, 1.82) is 0 Å². The van der Waals surface area contributed by atoms with Crippen molar-refractivity contribution in [3.05, 3.63) is 29.8 Å². The molecule has 0 spiro atoms. The van der Waals surface area contributed by atoms with Crippen molar-refractivity contribution in [1.82, 2.24) is 0 Å². The first-order chi connectivity index (χ1) is 9.80. The second-order valence-electron chi connectivity index (χ2n) is 5.25. The van der Waals surface area contributed by atoms with Crippen LogP contribution in [0.4, 0.5) is 0 Å². The third-order valence-corrected chi connectivity index (χ3v) is 5.41. The van der Waals surface area contributed by atoms with E-state index in [0.717, 1.165) is 10.5 Å². The molecule has 0 saturated carbocycles. The standard InChI is InChI=1S/C16H22O4S/c1-5-16(6-2,15(3,13(17)18)14(19)20)11-7-9-12(21-4)10-8-11/h7-10H,5-6H2,1-4H3,(H,17,18)(H,19,20). The van der Waals surface area contributed by atoms with Crippen LogP contribution in [0.2, 0.25) is 0 Å². The van der Waals surface area contributed by atoms with Gasteiger partial charge in [0.15, 0.2) is 5.41 Å². The van der Waals surface area contributed by atoms with Gasteiger partial charge in [0, 0.05) is 10.3 Å². The molecular formula is C16H22O4S. The molecule has 21 heavy (non-hydrogen) atoms. The van der Waals surface area contributed by atoms with E-state index in [0.29, 0.717) is 12.8 Å². The molecule has 0 bridgehead atoms. The van der Waals surface area contributed by atoms with Crippen LogP contribution in [-0.2, 0) is 15.0 Å². The lowest BCUT2D eigenvalue weighted by Crippen LogP contribution is -2.53. The van der Waals surface area contributed by atoms with Gasteiger partial charge < -0.3 is 10.2 Å². The summed E-state index contributed by atoms with van der Waals surface area (Å²) in [6.45, 7) is 5.00. The lowest BCUT2D eigenvalue weighted by Gasteiger charge is -2.43. The average Bonchev–Trinajstić information content (AvgIpc) is 2.48. The Hall–Kier alpha value is -1.49. The molecule has 0 aliphatic carbocycles. The minimum atomic E-state index is -1.86. The van der Waals surface area contributed by atoms with E-state index in [2.05, 4.69) is 0 Å². The van der Waals surface area contributed by atoms with E-state index in [1.807, 2.05) is 44.4 Å². The summed E-state index contributed by atoms with van der Waals surface area (Å²) >= 11 is 1.59. The Morgan fingerprint density at radius 1 is 1.05 bits per heavy atom. The topological polar surface area (TPSA) is 74.6 Å². The SMILES string of the molecule is CCC(CC)(c1ccc(SC)cc1)C(C)(C(=O)O)C(=O)O. The predicted octanol–water partition coefficient (Wildman–Crippen LogP) is 3.64. The molecule has 116 valence electrons. The fraction of sp³-hybridized carbons (Fsp3) is 0.500. The molecule has 0 aliphatic heterocycles. The molecule has 0 aromatic heterocycles. The Kier molecular flexibility index (Phi) is 5.45. The third kappa shape index (κ3) is 2.67. The molecule has 4 nitrogen and oxygen atoms in total. The van der Waals surface area contributed by atoms with Crippen molar-refractivity contribution in [3.8, 4) is 0 Å². The molecule has 0 saturated heterocycles. The van der Waals surface area contributed by atoms with Gasteiger partial charge in [-0.3, -0.25) is 9.59 Å². The van der Waals surface area contributed by atoms with E-state index in [4.69, 9.17) is 0 Å². The minimum absolute atomic E-state index is 0.442. The van der Waals surface area contributed by atoms with Gasteiger partial charge in [0.25, 0.3) is 0 Å². The summed E-state index contributed by atoms with van der Waals surface area (Å²) in [6, 6.07) is 7.51. The van der Waals surface area contributed by atoms with Crippen LogP contribution in [0, 0.1) is 5.41 Å². The van der Waals surface area contributed by atoms with E-state index in [9.17, 15) is 19.8 Å². The van der Waals surface area contributed by atoms with Gasteiger partial charge in [-0.15, -0.1) is 11.8 Å². The van der Waals surface area contributed by atoms with Crippen LogP contribution in [0.3, 0.4) is 0 Å². The van der Waals surface area contributed by atoms with E-state index in [1.165, 1.54) is 6.92 Å². The lowest BCUT2D eigenvalue weighted by atomic mass is 9.58. The minimum Gasteiger partial charge on any atom is -0.480 e. The number of hydrogen-bond acceptors (Lipinski definition) is 3. The maximum atomic E-state index is 11.7. The quantitative estimate of drug-likeness (QED) is 0.594. The number of benzene rings is 1. The number of carbonyl (C=O) groups is 2. The molecule has 5 heteroatoms. The van der Waals surface area contributed by atoms with Gasteiger partial charge in [-0.05, 0) is 43.7 Å². The van der Waals surface area contributed by atoms with Gasteiger partial charge in [-0.1, -0.05) is 26.0 Å². The lowest BCUT2D eigenvalue weighted by molar-refractivity contribution is -0.170. The van der Waals surface area contributed by atoms with Crippen molar-refractivity contribution in [3.63, 3.8) is 0 Å². The second-order valence-corrected chi connectivity index (χ2v) is 6.13. The summed E-state index contributed by atoms with van der Waals surface area (Å²) in [7, 11) is 0. The van der Waals surface area contributed by atoms with Crippen molar-refractivity contribution in [2.75, 3.05) is 6.26 Å². The molecule has 2 N–H and O–H groups in total. The normalized spacial score (nSPS) is 12.2. The second kappa shape index (κ2) is 6.52. The van der Waals surface area contributed by atoms with Gasteiger partial charge >= 0.3 is 11.9 Å². The van der Waals surface area contributed by atoms with Crippen molar-refractivity contribution in [2.45, 2.75) is 43.9 Å². The highest BCUT2D eigenvalue weighted by Crippen LogP contribution is 2.48. The maximum Gasteiger partial charge on any atom is 0.321 e. The molecular weight excluding hydrogens is 288 g/mol. The van der Waals surface area contributed by atoms with Crippen LogP contribution in [0.5, 0.6) is 0 Å². The largest absolute Gasteiger partial charge is 0.480 e. The number of thioether (sulfide) groups is 1. The summed E-state index contributed by atoms with van der Waals surface area (Å²) in [5.74, 6) is -2.60. The Morgan fingerprint density at radius 2 is 1.48 bits per heavy atom. The van der Waals surface area contributed by atoms with Crippen LogP contribution in [-0.4, -0.2) is 28.4 Å². The Bertz CT molecular complexity index is 504. The summed E-state index contributed by atoms with van der Waals surface area (Å²) < 4.78 is 0. The zero-order valence-corrected chi connectivity index (χ0v) is 13.7. The molecule has 0 heterocycles. The highest BCUT2D eigenvalue weighted by Gasteiger charge is 2.58. The monoisotopic (exact) mass is 310 g/mol. The first-order valence-electron chi connectivity index (χ1n) is 6.91. The van der Waals surface area contributed by atoms with Crippen molar-refractivity contribution in [2.24, 2.45) is 5.41 Å². The van der Waals surface area contributed by atoms with Crippen molar-refractivity contribution < 1.29 is 19.8 Å². The number of rotatable bonds is 7. The maximum absolute atomic E-state index is 11.7. The molecule has 1 rings (SSSR count). The zero-order valence-electron chi connectivity index (χ0n) is 12.8. The van der Waals surface area contributed by atoms with Crippen LogP contribution >= 0.6 is 11.8 Å². The smallest absolute Gasteiger partial charge is 0.321 e. The first-order valence-corrected chi connectivity index (χ1v) is 8.14. The zero-order chi connectivity index (χ0) is 16.3. The molecule has 0 aliphatic rings. The van der Waals surface area contributed by atoms with Crippen LogP contribution in [0.25, 0.3) is 0 Å². The molecule has 0 amide bonds. The van der Waals surface area contributed by atoms with Crippen molar-refractivity contribution >= 4 is 23.7 Å². The fourth-order valence-electron chi connectivity index (χ4n) is 3.06. The Labute approximate surface area is 129 Å². The van der Waals surface area contributed by atoms with E-state index in [-0.39, 0.29) is 0 Å².